The van der Waals surface area contributed by atoms with Crippen molar-refractivity contribution in [3.63, 3.8) is 0 Å². The third-order valence-electron chi connectivity index (χ3n) is 2.93. The third-order valence-corrected chi connectivity index (χ3v) is 3.59. The summed E-state index contributed by atoms with van der Waals surface area (Å²) in [7, 11) is 3.10. The van der Waals surface area contributed by atoms with E-state index in [0.29, 0.717) is 17.2 Å². The predicted molar refractivity (Wildman–Crippen MR) is 85.9 cm³/mol. The van der Waals surface area contributed by atoms with Gasteiger partial charge in [0.15, 0.2) is 11.5 Å². The second-order valence-corrected chi connectivity index (χ2v) is 5.18. The van der Waals surface area contributed by atoms with Crippen molar-refractivity contribution in [3.8, 4) is 11.5 Å². The minimum absolute atomic E-state index is 0. The molecule has 0 bridgehead atoms. The number of carbonyl (C=O) groups is 1. The van der Waals surface area contributed by atoms with Gasteiger partial charge >= 0.3 is 0 Å². The van der Waals surface area contributed by atoms with Crippen LogP contribution in [-0.2, 0) is 4.79 Å². The molecule has 2 atom stereocenters. The Morgan fingerprint density at radius 1 is 1.25 bits per heavy atom. The van der Waals surface area contributed by atoms with Gasteiger partial charge in [0.05, 0.1) is 25.8 Å². The van der Waals surface area contributed by atoms with Gasteiger partial charge in [-0.15, -0.1) is 12.4 Å². The number of amides is 1. The summed E-state index contributed by atoms with van der Waals surface area (Å²) in [4.78, 5) is 12.0. The van der Waals surface area contributed by atoms with Crippen LogP contribution in [0.4, 0.5) is 5.69 Å². The lowest BCUT2D eigenvalue weighted by Gasteiger charge is -2.17. The maximum atomic E-state index is 12.0. The zero-order chi connectivity index (χ0) is 14.6. The van der Waals surface area contributed by atoms with E-state index in [1.54, 1.807) is 40.2 Å². The average Bonchev–Trinajstić information content (AvgIpc) is 2.39. The van der Waals surface area contributed by atoms with Crippen molar-refractivity contribution in [3.05, 3.63) is 16.6 Å². The van der Waals surface area contributed by atoms with Crippen molar-refractivity contribution < 1.29 is 14.3 Å². The zero-order valence-electron chi connectivity index (χ0n) is 11.9. The Morgan fingerprint density at radius 3 is 2.20 bits per heavy atom. The molecule has 0 aromatic heterocycles. The van der Waals surface area contributed by atoms with Crippen molar-refractivity contribution in [1.29, 1.82) is 0 Å². The van der Waals surface area contributed by atoms with Crippen LogP contribution in [0.5, 0.6) is 11.5 Å². The molecule has 0 aliphatic carbocycles. The Balaban J connectivity index is 0.00000361. The van der Waals surface area contributed by atoms with Crippen molar-refractivity contribution in [2.75, 3.05) is 19.5 Å². The number of ether oxygens (including phenoxy) is 2. The SMILES string of the molecule is COc1cc(Br)c(NC(=O)C(C)C(C)N)cc1OC.Cl. The van der Waals surface area contributed by atoms with E-state index < -0.39 is 0 Å². The monoisotopic (exact) mass is 366 g/mol. The summed E-state index contributed by atoms with van der Waals surface area (Å²) in [5.41, 5.74) is 6.33. The molecule has 1 amide bonds. The Morgan fingerprint density at radius 2 is 1.75 bits per heavy atom. The molecule has 2 unspecified atom stereocenters. The normalized spacial score (nSPS) is 12.9. The van der Waals surface area contributed by atoms with Crippen LogP contribution in [0, 0.1) is 5.92 Å². The number of rotatable bonds is 5. The number of halogens is 2. The molecule has 0 saturated heterocycles. The second kappa shape index (κ2) is 8.34. The van der Waals surface area contributed by atoms with Crippen molar-refractivity contribution >= 4 is 39.9 Å². The van der Waals surface area contributed by atoms with Gasteiger partial charge in [-0.3, -0.25) is 4.79 Å². The maximum absolute atomic E-state index is 12.0. The molecule has 0 radical (unpaired) electrons. The molecule has 0 aliphatic heterocycles. The second-order valence-electron chi connectivity index (χ2n) is 4.32. The van der Waals surface area contributed by atoms with Crippen LogP contribution in [0.25, 0.3) is 0 Å². The van der Waals surface area contributed by atoms with E-state index in [4.69, 9.17) is 15.2 Å². The van der Waals surface area contributed by atoms with Gasteiger partial charge in [0.2, 0.25) is 5.91 Å². The van der Waals surface area contributed by atoms with Crippen molar-refractivity contribution in [2.45, 2.75) is 19.9 Å². The first-order valence-corrected chi connectivity index (χ1v) is 6.68. The number of hydrogen-bond donors (Lipinski definition) is 2. The number of hydrogen-bond acceptors (Lipinski definition) is 4. The Hall–Kier alpha value is -0.980. The molecule has 7 heteroatoms. The van der Waals surface area contributed by atoms with Crippen LogP contribution < -0.4 is 20.5 Å². The number of carbonyl (C=O) groups excluding carboxylic acids is 1. The Labute approximate surface area is 133 Å². The first-order chi connectivity index (χ1) is 8.90. The minimum Gasteiger partial charge on any atom is -0.493 e. The lowest BCUT2D eigenvalue weighted by Crippen LogP contribution is -2.34. The van der Waals surface area contributed by atoms with Gasteiger partial charge in [-0.1, -0.05) is 6.92 Å². The highest BCUT2D eigenvalue weighted by Crippen LogP contribution is 2.36. The predicted octanol–water partition coefficient (Wildman–Crippen LogP) is 2.81. The molecular formula is C13H20BrClN2O3. The fourth-order valence-corrected chi connectivity index (χ4v) is 1.86. The molecule has 3 N–H and O–H groups in total. The highest BCUT2D eigenvalue weighted by atomic mass is 79.9. The van der Waals surface area contributed by atoms with E-state index in [-0.39, 0.29) is 30.3 Å². The summed E-state index contributed by atoms with van der Waals surface area (Å²) >= 11 is 3.38. The molecule has 0 fully saturated rings. The molecule has 0 saturated carbocycles. The van der Waals surface area contributed by atoms with Gasteiger partial charge in [0.1, 0.15) is 0 Å². The molecule has 20 heavy (non-hydrogen) atoms. The molecule has 1 rings (SSSR count). The van der Waals surface area contributed by atoms with E-state index >= 15 is 0 Å². The average molecular weight is 368 g/mol. The van der Waals surface area contributed by atoms with Gasteiger partial charge in [0, 0.05) is 22.6 Å². The Bertz CT molecular complexity index is 469. The van der Waals surface area contributed by atoms with Gasteiger partial charge in [-0.25, -0.2) is 0 Å². The summed E-state index contributed by atoms with van der Waals surface area (Å²) in [6, 6.07) is 3.23. The van der Waals surface area contributed by atoms with E-state index in [2.05, 4.69) is 21.2 Å². The first kappa shape index (κ1) is 19.0. The lowest BCUT2D eigenvalue weighted by atomic mass is 10.0. The van der Waals surface area contributed by atoms with Crippen LogP contribution >= 0.6 is 28.3 Å². The number of nitrogens with two attached hydrogens (primary N) is 1. The van der Waals surface area contributed by atoms with Crippen molar-refractivity contribution in [1.82, 2.24) is 0 Å². The summed E-state index contributed by atoms with van der Waals surface area (Å²) in [6.45, 7) is 3.59. The van der Waals surface area contributed by atoms with E-state index in [1.807, 2.05) is 0 Å². The van der Waals surface area contributed by atoms with E-state index in [9.17, 15) is 4.79 Å². The molecule has 1 aromatic rings. The van der Waals surface area contributed by atoms with Crippen LogP contribution in [0.3, 0.4) is 0 Å². The molecule has 114 valence electrons. The highest BCUT2D eigenvalue weighted by molar-refractivity contribution is 9.10. The number of anilines is 1. The smallest absolute Gasteiger partial charge is 0.228 e. The fraction of sp³-hybridized carbons (Fsp3) is 0.462. The van der Waals surface area contributed by atoms with Crippen LogP contribution in [0.2, 0.25) is 0 Å². The molecule has 0 heterocycles. The van der Waals surface area contributed by atoms with E-state index in [1.165, 1.54) is 0 Å². The first-order valence-electron chi connectivity index (χ1n) is 5.88. The van der Waals surface area contributed by atoms with Gasteiger partial charge < -0.3 is 20.5 Å². The summed E-state index contributed by atoms with van der Waals surface area (Å²) in [5, 5.41) is 2.82. The molecule has 0 aliphatic rings. The minimum atomic E-state index is -0.278. The standard InChI is InChI=1S/C13H19BrN2O3.ClH/c1-7(8(2)15)13(17)16-10-6-12(19-4)11(18-3)5-9(10)14;/h5-8H,15H2,1-4H3,(H,16,17);1H. The fourth-order valence-electron chi connectivity index (χ4n) is 1.44. The third kappa shape index (κ3) is 4.54. The topological polar surface area (TPSA) is 73.6 Å². The van der Waals surface area contributed by atoms with Crippen LogP contribution in [0.15, 0.2) is 16.6 Å². The lowest BCUT2D eigenvalue weighted by molar-refractivity contribution is -0.119. The summed E-state index contributed by atoms with van der Waals surface area (Å²) < 4.78 is 11.1. The zero-order valence-corrected chi connectivity index (χ0v) is 14.3. The van der Waals surface area contributed by atoms with Gasteiger partial charge in [-0.2, -0.15) is 0 Å². The Kier molecular flexibility index (Phi) is 7.93. The molecule has 5 nitrogen and oxygen atoms in total. The highest BCUT2D eigenvalue weighted by Gasteiger charge is 2.19. The van der Waals surface area contributed by atoms with Crippen molar-refractivity contribution in [2.24, 2.45) is 11.7 Å². The number of methoxy groups -OCH3 is 2. The largest absolute Gasteiger partial charge is 0.493 e. The van der Waals surface area contributed by atoms with Gasteiger partial charge in [0.25, 0.3) is 0 Å². The summed E-state index contributed by atoms with van der Waals surface area (Å²) in [5.74, 6) is 0.727. The number of benzene rings is 1. The van der Waals surface area contributed by atoms with Gasteiger partial charge in [-0.05, 0) is 22.9 Å². The quantitative estimate of drug-likeness (QED) is 0.839. The van der Waals surface area contributed by atoms with Crippen LogP contribution in [-0.4, -0.2) is 26.2 Å². The summed E-state index contributed by atoms with van der Waals surface area (Å²) in [6.07, 6.45) is 0. The van der Waals surface area contributed by atoms with E-state index in [0.717, 1.165) is 4.47 Å². The number of nitrogens with one attached hydrogen (secondary N) is 1. The van der Waals surface area contributed by atoms with Crippen LogP contribution in [0.1, 0.15) is 13.8 Å². The molecule has 1 aromatic carbocycles. The molecular weight excluding hydrogens is 348 g/mol. The maximum Gasteiger partial charge on any atom is 0.228 e. The molecule has 0 spiro atoms.